The molecular formula is C16H29NO2. The van der Waals surface area contributed by atoms with Gasteiger partial charge in [-0.3, -0.25) is 9.69 Å². The van der Waals surface area contributed by atoms with Gasteiger partial charge in [0.25, 0.3) is 0 Å². The molecule has 0 heterocycles. The van der Waals surface area contributed by atoms with Gasteiger partial charge in [-0.2, -0.15) is 0 Å². The molecule has 4 atom stereocenters. The molecule has 110 valence electrons. The molecule has 3 rings (SSSR count). The number of esters is 1. The lowest BCUT2D eigenvalue weighted by Gasteiger charge is -2.61. The lowest BCUT2D eigenvalue weighted by atomic mass is 9.45. The minimum atomic E-state index is -0.0420. The average molecular weight is 267 g/mol. The molecule has 0 radical (unpaired) electrons. The molecule has 0 aromatic carbocycles. The number of carbonyl (C=O) groups excluding carboxylic acids is 1. The summed E-state index contributed by atoms with van der Waals surface area (Å²) in [6.45, 7) is 13.4. The average Bonchev–Trinajstić information content (AvgIpc) is 2.37. The van der Waals surface area contributed by atoms with Crippen molar-refractivity contribution >= 4 is 5.97 Å². The maximum absolute atomic E-state index is 12.0. The standard InChI is InChI=1S/C16H29NO2/c1-6-17(7-2)10-15(18)19-14-9-12-8-13(11(14)3)16(12,4)5/h11-14H,6-10H2,1-5H3/t11-,12+,13-,14-/m1/s1. The Balaban J connectivity index is 1.86. The predicted molar refractivity (Wildman–Crippen MR) is 76.8 cm³/mol. The van der Waals surface area contributed by atoms with Crippen molar-refractivity contribution in [3.8, 4) is 0 Å². The van der Waals surface area contributed by atoms with Crippen LogP contribution in [0.2, 0.25) is 0 Å². The molecule has 3 fully saturated rings. The van der Waals surface area contributed by atoms with Crippen LogP contribution >= 0.6 is 0 Å². The summed E-state index contributed by atoms with van der Waals surface area (Å²) in [5.74, 6) is 1.96. The molecule has 3 saturated carbocycles. The second kappa shape index (κ2) is 5.43. The fourth-order valence-electron chi connectivity index (χ4n) is 4.09. The molecule has 0 aromatic heterocycles. The normalized spacial score (nSPS) is 35.9. The van der Waals surface area contributed by atoms with Gasteiger partial charge >= 0.3 is 5.97 Å². The summed E-state index contributed by atoms with van der Waals surface area (Å²) in [6, 6.07) is 0. The first-order valence-corrected chi connectivity index (χ1v) is 7.81. The summed E-state index contributed by atoms with van der Waals surface area (Å²) in [6.07, 6.45) is 2.55. The van der Waals surface area contributed by atoms with Gasteiger partial charge in [-0.05, 0) is 49.1 Å². The zero-order valence-corrected chi connectivity index (χ0v) is 13.1. The van der Waals surface area contributed by atoms with Gasteiger partial charge in [0, 0.05) is 0 Å². The van der Waals surface area contributed by atoms with Crippen LogP contribution in [0.3, 0.4) is 0 Å². The van der Waals surface area contributed by atoms with Crippen molar-refractivity contribution < 1.29 is 9.53 Å². The molecular weight excluding hydrogens is 238 g/mol. The van der Waals surface area contributed by atoms with E-state index in [1.165, 1.54) is 6.42 Å². The van der Waals surface area contributed by atoms with E-state index in [-0.39, 0.29) is 12.1 Å². The van der Waals surface area contributed by atoms with E-state index < -0.39 is 0 Å². The Labute approximate surface area is 117 Å². The van der Waals surface area contributed by atoms with Crippen molar-refractivity contribution in [3.63, 3.8) is 0 Å². The molecule has 0 N–H and O–H groups in total. The lowest BCUT2D eigenvalue weighted by Crippen LogP contribution is -2.57. The Bertz CT molecular complexity index is 336. The Hall–Kier alpha value is -0.570. The summed E-state index contributed by atoms with van der Waals surface area (Å²) >= 11 is 0. The maximum Gasteiger partial charge on any atom is 0.320 e. The molecule has 2 bridgehead atoms. The number of ether oxygens (including phenoxy) is 1. The summed E-state index contributed by atoms with van der Waals surface area (Å²) in [5, 5.41) is 0. The van der Waals surface area contributed by atoms with Crippen LogP contribution in [0.15, 0.2) is 0 Å². The molecule has 0 aromatic rings. The number of hydrogen-bond acceptors (Lipinski definition) is 3. The van der Waals surface area contributed by atoms with Crippen LogP contribution in [0.5, 0.6) is 0 Å². The SMILES string of the molecule is CCN(CC)CC(=O)O[C@@H]1C[C@@H]2C[C@H]([C@H]1C)C2(C)C. The van der Waals surface area contributed by atoms with Crippen LogP contribution in [-0.4, -0.2) is 36.6 Å². The molecule has 0 aliphatic heterocycles. The Kier molecular flexibility index (Phi) is 4.24. The summed E-state index contributed by atoms with van der Waals surface area (Å²) in [7, 11) is 0. The van der Waals surface area contributed by atoms with Gasteiger partial charge < -0.3 is 4.74 Å². The second-order valence-corrected chi connectivity index (χ2v) is 6.95. The second-order valence-electron chi connectivity index (χ2n) is 6.95. The topological polar surface area (TPSA) is 29.5 Å². The third kappa shape index (κ3) is 2.67. The van der Waals surface area contributed by atoms with Crippen molar-refractivity contribution in [1.82, 2.24) is 4.90 Å². The molecule has 0 spiro atoms. The van der Waals surface area contributed by atoms with Crippen molar-refractivity contribution in [2.24, 2.45) is 23.2 Å². The van der Waals surface area contributed by atoms with Crippen LogP contribution in [0, 0.1) is 23.2 Å². The predicted octanol–water partition coefficient (Wildman–Crippen LogP) is 2.94. The third-order valence-electron chi connectivity index (χ3n) is 5.81. The zero-order chi connectivity index (χ0) is 14.2. The van der Waals surface area contributed by atoms with Crippen LogP contribution in [0.1, 0.15) is 47.5 Å². The van der Waals surface area contributed by atoms with Gasteiger partial charge in [-0.1, -0.05) is 34.6 Å². The number of fused-ring (bicyclic) bond motifs is 2. The highest BCUT2D eigenvalue weighted by Gasteiger charge is 2.57. The minimum Gasteiger partial charge on any atom is -0.461 e. The van der Waals surface area contributed by atoms with E-state index in [1.807, 2.05) is 0 Å². The largest absolute Gasteiger partial charge is 0.461 e. The van der Waals surface area contributed by atoms with Gasteiger partial charge in [0.15, 0.2) is 0 Å². The van der Waals surface area contributed by atoms with Crippen LogP contribution in [-0.2, 0) is 9.53 Å². The van der Waals surface area contributed by atoms with Gasteiger partial charge in [-0.15, -0.1) is 0 Å². The molecule has 3 aliphatic rings. The van der Waals surface area contributed by atoms with Gasteiger partial charge in [0.2, 0.25) is 0 Å². The van der Waals surface area contributed by atoms with E-state index in [9.17, 15) is 4.79 Å². The molecule has 19 heavy (non-hydrogen) atoms. The smallest absolute Gasteiger partial charge is 0.320 e. The van der Waals surface area contributed by atoms with Crippen molar-refractivity contribution in [2.75, 3.05) is 19.6 Å². The van der Waals surface area contributed by atoms with Crippen LogP contribution < -0.4 is 0 Å². The fraction of sp³-hybridized carbons (Fsp3) is 0.938. The molecule has 3 heteroatoms. The summed E-state index contributed by atoms with van der Waals surface area (Å²) in [4.78, 5) is 14.1. The monoisotopic (exact) mass is 267 g/mol. The van der Waals surface area contributed by atoms with E-state index in [0.29, 0.717) is 17.9 Å². The fourth-order valence-corrected chi connectivity index (χ4v) is 4.09. The number of hydrogen-bond donors (Lipinski definition) is 0. The van der Waals surface area contributed by atoms with Crippen molar-refractivity contribution in [1.29, 1.82) is 0 Å². The van der Waals surface area contributed by atoms with E-state index in [1.54, 1.807) is 0 Å². The van der Waals surface area contributed by atoms with Gasteiger partial charge in [0.05, 0.1) is 6.54 Å². The third-order valence-corrected chi connectivity index (χ3v) is 5.81. The van der Waals surface area contributed by atoms with E-state index in [4.69, 9.17) is 4.74 Å². The van der Waals surface area contributed by atoms with Crippen LogP contribution in [0.4, 0.5) is 0 Å². The zero-order valence-electron chi connectivity index (χ0n) is 13.1. The summed E-state index contributed by atoms with van der Waals surface area (Å²) in [5.41, 5.74) is 0.460. The molecule has 0 saturated heterocycles. The van der Waals surface area contributed by atoms with E-state index in [0.717, 1.165) is 31.3 Å². The Morgan fingerprint density at radius 1 is 1.26 bits per heavy atom. The van der Waals surface area contributed by atoms with Gasteiger partial charge in [-0.25, -0.2) is 0 Å². The summed E-state index contributed by atoms with van der Waals surface area (Å²) < 4.78 is 5.75. The molecule has 0 unspecified atom stereocenters. The van der Waals surface area contributed by atoms with E-state index >= 15 is 0 Å². The Morgan fingerprint density at radius 2 is 1.89 bits per heavy atom. The highest BCUT2D eigenvalue weighted by molar-refractivity contribution is 5.71. The first-order chi connectivity index (χ1) is 8.90. The number of nitrogens with zero attached hydrogens (tertiary/aromatic N) is 1. The number of carbonyl (C=O) groups is 1. The first-order valence-electron chi connectivity index (χ1n) is 7.81. The highest BCUT2D eigenvalue weighted by atomic mass is 16.5. The molecule has 3 aliphatic carbocycles. The molecule has 0 amide bonds. The minimum absolute atomic E-state index is 0.0420. The van der Waals surface area contributed by atoms with Crippen LogP contribution in [0.25, 0.3) is 0 Å². The number of likely N-dealkylation sites (N-methyl/N-ethyl adjacent to an activating group) is 1. The van der Waals surface area contributed by atoms with Crippen molar-refractivity contribution in [3.05, 3.63) is 0 Å². The van der Waals surface area contributed by atoms with Gasteiger partial charge in [0.1, 0.15) is 6.10 Å². The van der Waals surface area contributed by atoms with Crippen molar-refractivity contribution in [2.45, 2.75) is 53.6 Å². The molecule has 3 nitrogen and oxygen atoms in total. The first kappa shape index (κ1) is 14.8. The van der Waals surface area contributed by atoms with E-state index in [2.05, 4.69) is 39.5 Å². The Morgan fingerprint density at radius 3 is 2.37 bits per heavy atom. The highest BCUT2D eigenvalue weighted by Crippen LogP contribution is 2.61. The lowest BCUT2D eigenvalue weighted by molar-refractivity contribution is -0.186. The quantitative estimate of drug-likeness (QED) is 0.717. The maximum atomic E-state index is 12.0. The number of rotatable bonds is 5.